The van der Waals surface area contributed by atoms with Gasteiger partial charge in [0, 0.05) is 38.6 Å². The number of nitrogens with zero attached hydrogens (tertiary/aromatic N) is 2. The predicted molar refractivity (Wildman–Crippen MR) is 74.2 cm³/mol. The van der Waals surface area contributed by atoms with Crippen molar-refractivity contribution >= 4 is 0 Å². The van der Waals surface area contributed by atoms with Crippen molar-refractivity contribution < 1.29 is 4.74 Å². The van der Waals surface area contributed by atoms with Crippen LogP contribution in [0.15, 0.2) is 24.5 Å². The van der Waals surface area contributed by atoms with Gasteiger partial charge in [-0.1, -0.05) is 13.8 Å². The first-order valence-corrected chi connectivity index (χ1v) is 6.54. The summed E-state index contributed by atoms with van der Waals surface area (Å²) in [4.78, 5) is 6.45. The van der Waals surface area contributed by atoms with Crippen LogP contribution in [0.3, 0.4) is 0 Å². The van der Waals surface area contributed by atoms with Gasteiger partial charge < -0.3 is 10.5 Å². The third-order valence-electron chi connectivity index (χ3n) is 3.34. The molecule has 0 aliphatic heterocycles. The van der Waals surface area contributed by atoms with E-state index in [0.29, 0.717) is 18.5 Å². The first-order chi connectivity index (χ1) is 8.72. The van der Waals surface area contributed by atoms with Gasteiger partial charge in [-0.2, -0.15) is 0 Å². The fraction of sp³-hybridized carbons (Fsp3) is 0.643. The summed E-state index contributed by atoms with van der Waals surface area (Å²) in [6.45, 7) is 7.66. The zero-order chi connectivity index (χ0) is 13.4. The monoisotopic (exact) mass is 251 g/mol. The second-order valence-electron chi connectivity index (χ2n) is 4.65. The lowest BCUT2D eigenvalue weighted by Gasteiger charge is -2.34. The standard InChI is InChI=1S/C14H25N3O/c1-4-17(10-13-5-7-16-8-6-13)14(9-15)12(2)11-18-3/h5-8,12,14H,4,9-11,15H2,1-3H3. The van der Waals surface area contributed by atoms with Crippen LogP contribution in [0, 0.1) is 5.92 Å². The third kappa shape index (κ3) is 4.37. The molecule has 2 atom stereocenters. The Morgan fingerprint density at radius 3 is 2.56 bits per heavy atom. The molecule has 0 amide bonds. The van der Waals surface area contributed by atoms with Crippen LogP contribution in [0.25, 0.3) is 0 Å². The lowest BCUT2D eigenvalue weighted by molar-refractivity contribution is 0.0838. The highest BCUT2D eigenvalue weighted by Crippen LogP contribution is 2.14. The second kappa shape index (κ2) is 8.19. The average molecular weight is 251 g/mol. The van der Waals surface area contributed by atoms with Crippen LogP contribution in [-0.4, -0.2) is 42.7 Å². The fourth-order valence-electron chi connectivity index (χ4n) is 2.30. The van der Waals surface area contributed by atoms with Crippen LogP contribution in [0.5, 0.6) is 0 Å². The number of aromatic nitrogens is 1. The first-order valence-electron chi connectivity index (χ1n) is 6.54. The SMILES string of the molecule is CCN(Cc1ccncc1)C(CN)C(C)COC. The minimum Gasteiger partial charge on any atom is -0.384 e. The Morgan fingerprint density at radius 1 is 1.39 bits per heavy atom. The van der Waals surface area contributed by atoms with Gasteiger partial charge in [-0.05, 0) is 30.2 Å². The van der Waals surface area contributed by atoms with Gasteiger partial charge in [0.15, 0.2) is 0 Å². The summed E-state index contributed by atoms with van der Waals surface area (Å²) < 4.78 is 5.24. The maximum absolute atomic E-state index is 5.92. The molecule has 1 aromatic rings. The lowest BCUT2D eigenvalue weighted by atomic mass is 10.0. The van der Waals surface area contributed by atoms with Crippen molar-refractivity contribution in [2.75, 3.05) is 26.8 Å². The van der Waals surface area contributed by atoms with E-state index in [4.69, 9.17) is 10.5 Å². The summed E-state index contributed by atoms with van der Waals surface area (Å²) in [5.41, 5.74) is 7.20. The molecule has 4 heteroatoms. The summed E-state index contributed by atoms with van der Waals surface area (Å²) in [7, 11) is 1.74. The number of pyridine rings is 1. The van der Waals surface area contributed by atoms with Crippen LogP contribution < -0.4 is 5.73 Å². The van der Waals surface area contributed by atoms with Gasteiger partial charge in [0.25, 0.3) is 0 Å². The average Bonchev–Trinajstić information content (AvgIpc) is 2.40. The highest BCUT2D eigenvalue weighted by molar-refractivity contribution is 5.09. The van der Waals surface area contributed by atoms with Crippen LogP contribution >= 0.6 is 0 Å². The highest BCUT2D eigenvalue weighted by atomic mass is 16.5. The molecule has 102 valence electrons. The minimum atomic E-state index is 0.350. The molecule has 0 fully saturated rings. The topological polar surface area (TPSA) is 51.4 Å². The normalized spacial score (nSPS) is 14.7. The van der Waals surface area contributed by atoms with Crippen molar-refractivity contribution in [3.63, 3.8) is 0 Å². The van der Waals surface area contributed by atoms with Gasteiger partial charge in [-0.15, -0.1) is 0 Å². The van der Waals surface area contributed by atoms with Crippen molar-refractivity contribution in [1.82, 2.24) is 9.88 Å². The number of hydrogen-bond acceptors (Lipinski definition) is 4. The lowest BCUT2D eigenvalue weighted by Crippen LogP contribution is -2.45. The van der Waals surface area contributed by atoms with Crippen molar-refractivity contribution in [1.29, 1.82) is 0 Å². The Labute approximate surface area is 110 Å². The Kier molecular flexibility index (Phi) is 6.86. The molecule has 0 bridgehead atoms. The Hall–Kier alpha value is -0.970. The Bertz CT molecular complexity index is 318. The van der Waals surface area contributed by atoms with Crippen molar-refractivity contribution in [3.05, 3.63) is 30.1 Å². The first kappa shape index (κ1) is 15.1. The third-order valence-corrected chi connectivity index (χ3v) is 3.34. The van der Waals surface area contributed by atoms with E-state index in [1.807, 2.05) is 12.4 Å². The molecule has 0 saturated heterocycles. The smallest absolute Gasteiger partial charge is 0.0503 e. The number of rotatable bonds is 8. The molecule has 2 unspecified atom stereocenters. The largest absolute Gasteiger partial charge is 0.384 e. The van der Waals surface area contributed by atoms with Crippen molar-refractivity contribution in [2.45, 2.75) is 26.4 Å². The molecular weight excluding hydrogens is 226 g/mol. The Balaban J connectivity index is 2.68. The number of likely N-dealkylation sites (N-methyl/N-ethyl adjacent to an activating group) is 1. The summed E-state index contributed by atoms with van der Waals surface area (Å²) in [5.74, 6) is 0.432. The van der Waals surface area contributed by atoms with Crippen molar-refractivity contribution in [3.8, 4) is 0 Å². The summed E-state index contributed by atoms with van der Waals surface area (Å²) >= 11 is 0. The van der Waals surface area contributed by atoms with Crippen molar-refractivity contribution in [2.24, 2.45) is 11.7 Å². The van der Waals surface area contributed by atoms with Gasteiger partial charge in [-0.3, -0.25) is 9.88 Å². The van der Waals surface area contributed by atoms with Crippen LogP contribution in [0.4, 0.5) is 0 Å². The molecule has 0 aliphatic carbocycles. The quantitative estimate of drug-likeness (QED) is 0.761. The predicted octanol–water partition coefficient (Wildman–Crippen LogP) is 1.51. The van der Waals surface area contributed by atoms with E-state index in [2.05, 4.69) is 35.9 Å². The van der Waals surface area contributed by atoms with E-state index in [1.165, 1.54) is 5.56 Å². The van der Waals surface area contributed by atoms with Gasteiger partial charge in [0.05, 0.1) is 6.61 Å². The van der Waals surface area contributed by atoms with Crippen LogP contribution in [0.2, 0.25) is 0 Å². The maximum Gasteiger partial charge on any atom is 0.0503 e. The molecule has 0 radical (unpaired) electrons. The second-order valence-corrected chi connectivity index (χ2v) is 4.65. The van der Waals surface area contributed by atoms with E-state index in [0.717, 1.165) is 19.7 Å². The summed E-state index contributed by atoms with van der Waals surface area (Å²) in [6, 6.07) is 4.46. The molecule has 18 heavy (non-hydrogen) atoms. The Morgan fingerprint density at radius 2 is 2.06 bits per heavy atom. The van der Waals surface area contributed by atoms with Gasteiger partial charge >= 0.3 is 0 Å². The van der Waals surface area contributed by atoms with Gasteiger partial charge in [0.2, 0.25) is 0 Å². The van der Waals surface area contributed by atoms with E-state index >= 15 is 0 Å². The van der Waals surface area contributed by atoms with Gasteiger partial charge in [-0.25, -0.2) is 0 Å². The number of ether oxygens (including phenoxy) is 1. The molecule has 2 N–H and O–H groups in total. The van der Waals surface area contributed by atoms with E-state index < -0.39 is 0 Å². The molecule has 0 aromatic carbocycles. The fourth-order valence-corrected chi connectivity index (χ4v) is 2.30. The summed E-state index contributed by atoms with van der Waals surface area (Å²) in [6.07, 6.45) is 3.67. The van der Waals surface area contributed by atoms with Gasteiger partial charge in [0.1, 0.15) is 0 Å². The van der Waals surface area contributed by atoms with E-state index in [9.17, 15) is 0 Å². The number of methoxy groups -OCH3 is 1. The maximum atomic E-state index is 5.92. The number of hydrogen-bond donors (Lipinski definition) is 1. The highest BCUT2D eigenvalue weighted by Gasteiger charge is 2.22. The van der Waals surface area contributed by atoms with E-state index in [1.54, 1.807) is 7.11 Å². The van der Waals surface area contributed by atoms with Crippen LogP contribution in [-0.2, 0) is 11.3 Å². The number of nitrogens with two attached hydrogens (primary N) is 1. The van der Waals surface area contributed by atoms with E-state index in [-0.39, 0.29) is 0 Å². The molecule has 1 aromatic heterocycles. The zero-order valence-electron chi connectivity index (χ0n) is 11.7. The molecular formula is C14H25N3O. The molecule has 0 spiro atoms. The molecule has 1 rings (SSSR count). The molecule has 4 nitrogen and oxygen atoms in total. The summed E-state index contributed by atoms with van der Waals surface area (Å²) in [5, 5.41) is 0. The zero-order valence-corrected chi connectivity index (χ0v) is 11.7. The molecule has 0 aliphatic rings. The minimum absolute atomic E-state index is 0.350. The molecule has 0 saturated carbocycles. The van der Waals surface area contributed by atoms with Crippen LogP contribution in [0.1, 0.15) is 19.4 Å². The molecule has 1 heterocycles.